The molecule has 102 valence electrons. The minimum Gasteiger partial charge on any atom is -0.312 e. The molecule has 6 heteroatoms. The third-order valence-electron chi connectivity index (χ3n) is 3.90. The third-order valence-corrected chi connectivity index (χ3v) is 6.38. The zero-order valence-corrected chi connectivity index (χ0v) is 13.2. The van der Waals surface area contributed by atoms with E-state index in [1.165, 1.54) is 49.1 Å². The van der Waals surface area contributed by atoms with E-state index in [2.05, 4.69) is 33.7 Å². The van der Waals surface area contributed by atoms with Gasteiger partial charge in [0.25, 0.3) is 0 Å². The van der Waals surface area contributed by atoms with Crippen LogP contribution in [-0.2, 0) is 0 Å². The Labute approximate surface area is 125 Å². The lowest BCUT2D eigenvalue weighted by atomic mass is 10.1. The Morgan fingerprint density at radius 1 is 1.00 bits per heavy atom. The lowest BCUT2D eigenvalue weighted by Gasteiger charge is -2.26. The molecule has 0 aromatic heterocycles. The van der Waals surface area contributed by atoms with Crippen LogP contribution in [0.4, 0.5) is 0 Å². The molecule has 17 heavy (non-hydrogen) atoms. The quantitative estimate of drug-likeness (QED) is 0.795. The fourth-order valence-corrected chi connectivity index (χ4v) is 5.62. The maximum Gasteiger partial charge on any atom is 0.0277 e. The van der Waals surface area contributed by atoms with E-state index in [1.54, 1.807) is 0 Å². The zero-order chi connectivity index (χ0) is 10.1. The van der Waals surface area contributed by atoms with Gasteiger partial charge < -0.3 is 5.32 Å². The monoisotopic (exact) mass is 316 g/mol. The first-order valence-electron chi connectivity index (χ1n) is 6.06. The molecule has 0 radical (unpaired) electrons. The number of thioether (sulfide) groups is 2. The number of nitrogens with zero attached hydrogens (tertiary/aromatic N) is 1. The Morgan fingerprint density at radius 2 is 1.71 bits per heavy atom. The molecule has 0 amide bonds. The Morgan fingerprint density at radius 3 is 2.35 bits per heavy atom. The number of rotatable bonds is 1. The van der Waals surface area contributed by atoms with Gasteiger partial charge >= 0.3 is 0 Å². The van der Waals surface area contributed by atoms with E-state index in [9.17, 15) is 0 Å². The molecule has 0 aromatic rings. The molecule has 3 fully saturated rings. The van der Waals surface area contributed by atoms with Crippen LogP contribution in [0, 0.1) is 5.92 Å². The van der Waals surface area contributed by atoms with E-state index in [0.29, 0.717) is 0 Å². The molecule has 2 atom stereocenters. The highest BCUT2D eigenvalue weighted by Crippen LogP contribution is 2.29. The molecular weight excluding hydrogens is 295 g/mol. The van der Waals surface area contributed by atoms with Crippen molar-refractivity contribution in [3.63, 3.8) is 0 Å². The molecule has 0 bridgehead atoms. The summed E-state index contributed by atoms with van der Waals surface area (Å²) in [6.07, 6.45) is 1.41. The first-order valence-corrected chi connectivity index (χ1v) is 8.37. The molecule has 3 rings (SSSR count). The van der Waals surface area contributed by atoms with Gasteiger partial charge in [0.15, 0.2) is 0 Å². The van der Waals surface area contributed by atoms with Gasteiger partial charge in [-0.2, -0.15) is 23.5 Å². The topological polar surface area (TPSA) is 15.3 Å². The molecule has 3 aliphatic rings. The van der Waals surface area contributed by atoms with Crippen LogP contribution in [0.25, 0.3) is 0 Å². The summed E-state index contributed by atoms with van der Waals surface area (Å²) in [7, 11) is 0. The van der Waals surface area contributed by atoms with Crippen molar-refractivity contribution >= 4 is 48.3 Å². The number of nitrogens with one attached hydrogen (secondary N) is 1. The van der Waals surface area contributed by atoms with Crippen LogP contribution in [0.5, 0.6) is 0 Å². The van der Waals surface area contributed by atoms with Gasteiger partial charge in [-0.3, -0.25) is 4.90 Å². The lowest BCUT2D eigenvalue weighted by Crippen LogP contribution is -2.39. The van der Waals surface area contributed by atoms with Gasteiger partial charge in [0, 0.05) is 48.2 Å². The second-order valence-corrected chi connectivity index (χ2v) is 7.17. The van der Waals surface area contributed by atoms with Gasteiger partial charge in [-0.1, -0.05) is 0 Å². The summed E-state index contributed by atoms with van der Waals surface area (Å²) in [4.78, 5) is 2.76. The fraction of sp³-hybridized carbons (Fsp3) is 1.00. The molecule has 2 nitrogen and oxygen atoms in total. The van der Waals surface area contributed by atoms with Crippen molar-refractivity contribution in [2.24, 2.45) is 5.92 Å². The standard InChI is InChI=1S/C11H20N2S2.2ClH/c1-2-12-11-6-13(5-9(1)11)10-7-14-3-4-15-8-10;;/h9-12H,1-8H2;2*1H/t9-,11+;;/m0../s1. The molecule has 0 unspecified atom stereocenters. The Hall–Kier alpha value is 1.20. The zero-order valence-electron chi connectivity index (χ0n) is 9.97. The van der Waals surface area contributed by atoms with Crippen molar-refractivity contribution in [2.45, 2.75) is 18.5 Å². The van der Waals surface area contributed by atoms with E-state index in [0.717, 1.165) is 18.0 Å². The van der Waals surface area contributed by atoms with Crippen LogP contribution in [0.15, 0.2) is 0 Å². The summed E-state index contributed by atoms with van der Waals surface area (Å²) < 4.78 is 0. The predicted molar refractivity (Wildman–Crippen MR) is 84.4 cm³/mol. The maximum atomic E-state index is 3.65. The van der Waals surface area contributed by atoms with Gasteiger partial charge in [0.05, 0.1) is 0 Å². The molecule has 0 aliphatic carbocycles. The van der Waals surface area contributed by atoms with Crippen LogP contribution >= 0.6 is 48.3 Å². The summed E-state index contributed by atoms with van der Waals surface area (Å²) in [5.41, 5.74) is 0. The number of hydrogen-bond acceptors (Lipinski definition) is 4. The van der Waals surface area contributed by atoms with E-state index in [4.69, 9.17) is 0 Å². The SMILES string of the molecule is C1C[C@H]2CN(C3CSCCSC3)C[C@H]2N1.Cl.Cl. The van der Waals surface area contributed by atoms with E-state index >= 15 is 0 Å². The van der Waals surface area contributed by atoms with Crippen LogP contribution in [0.1, 0.15) is 6.42 Å². The average Bonchev–Trinajstić information content (AvgIpc) is 2.70. The normalized spacial score (nSPS) is 34.6. The van der Waals surface area contributed by atoms with Crippen LogP contribution in [-0.4, -0.2) is 59.6 Å². The van der Waals surface area contributed by atoms with Crippen LogP contribution in [0.2, 0.25) is 0 Å². The summed E-state index contributed by atoms with van der Waals surface area (Å²) in [5, 5.41) is 3.65. The largest absolute Gasteiger partial charge is 0.312 e. The van der Waals surface area contributed by atoms with Crippen molar-refractivity contribution in [3.8, 4) is 0 Å². The lowest BCUT2D eigenvalue weighted by molar-refractivity contribution is 0.264. The molecule has 3 saturated heterocycles. The van der Waals surface area contributed by atoms with Crippen LogP contribution in [0.3, 0.4) is 0 Å². The predicted octanol–water partition coefficient (Wildman–Crippen LogP) is 1.97. The highest BCUT2D eigenvalue weighted by atomic mass is 35.5. The highest BCUT2D eigenvalue weighted by molar-refractivity contribution is 8.03. The highest BCUT2D eigenvalue weighted by Gasteiger charge is 2.38. The van der Waals surface area contributed by atoms with Gasteiger partial charge in [-0.25, -0.2) is 0 Å². The van der Waals surface area contributed by atoms with Gasteiger partial charge in [-0.15, -0.1) is 24.8 Å². The summed E-state index contributed by atoms with van der Waals surface area (Å²) in [5.74, 6) is 6.42. The first kappa shape index (κ1) is 16.3. The second-order valence-electron chi connectivity index (χ2n) is 4.87. The number of fused-ring (bicyclic) bond motifs is 1. The minimum atomic E-state index is 0. The van der Waals surface area contributed by atoms with Gasteiger partial charge in [-0.05, 0) is 18.9 Å². The molecule has 3 aliphatic heterocycles. The van der Waals surface area contributed by atoms with E-state index in [1.807, 2.05) is 0 Å². The summed E-state index contributed by atoms with van der Waals surface area (Å²) >= 11 is 4.31. The van der Waals surface area contributed by atoms with E-state index in [-0.39, 0.29) is 24.8 Å². The first-order chi connectivity index (χ1) is 7.43. The van der Waals surface area contributed by atoms with Crippen LogP contribution < -0.4 is 5.32 Å². The summed E-state index contributed by atoms with van der Waals surface area (Å²) in [6, 6.07) is 1.68. The van der Waals surface area contributed by atoms with Crippen molar-refractivity contribution in [2.75, 3.05) is 42.6 Å². The summed E-state index contributed by atoms with van der Waals surface area (Å²) in [6.45, 7) is 3.94. The average molecular weight is 317 g/mol. The van der Waals surface area contributed by atoms with Gasteiger partial charge in [0.1, 0.15) is 0 Å². The third kappa shape index (κ3) is 3.83. The Balaban J connectivity index is 0.000000722. The minimum absolute atomic E-state index is 0. The maximum absolute atomic E-state index is 3.65. The number of likely N-dealkylation sites (tertiary alicyclic amines) is 1. The number of halogens is 2. The second kappa shape index (κ2) is 7.71. The molecule has 0 aromatic carbocycles. The van der Waals surface area contributed by atoms with Crippen molar-refractivity contribution in [1.29, 1.82) is 0 Å². The van der Waals surface area contributed by atoms with E-state index < -0.39 is 0 Å². The Bertz CT molecular complexity index is 214. The molecular formula is C11H22Cl2N2S2. The molecule has 1 N–H and O–H groups in total. The smallest absolute Gasteiger partial charge is 0.0277 e. The van der Waals surface area contributed by atoms with Crippen molar-refractivity contribution in [3.05, 3.63) is 0 Å². The molecule has 3 heterocycles. The number of hydrogen-bond donors (Lipinski definition) is 1. The van der Waals surface area contributed by atoms with Crippen molar-refractivity contribution < 1.29 is 0 Å². The molecule has 0 saturated carbocycles. The van der Waals surface area contributed by atoms with Crippen molar-refractivity contribution in [1.82, 2.24) is 10.2 Å². The van der Waals surface area contributed by atoms with Gasteiger partial charge in [0.2, 0.25) is 0 Å². The fourth-order valence-electron chi connectivity index (χ4n) is 3.00. The molecule has 0 spiro atoms. The Kier molecular flexibility index (Phi) is 7.37.